The Kier molecular flexibility index (Phi) is 4.56. The zero-order valence-corrected chi connectivity index (χ0v) is 14.4. The van der Waals surface area contributed by atoms with E-state index in [0.29, 0.717) is 17.7 Å². The first kappa shape index (κ1) is 16.0. The van der Waals surface area contributed by atoms with Crippen LogP contribution < -0.4 is 5.32 Å². The van der Waals surface area contributed by atoms with Gasteiger partial charge in [-0.1, -0.05) is 42.1 Å². The Morgan fingerprint density at radius 1 is 1.28 bits per heavy atom. The van der Waals surface area contributed by atoms with E-state index in [1.807, 2.05) is 47.0 Å². The maximum absolute atomic E-state index is 12.7. The lowest BCUT2D eigenvalue weighted by molar-refractivity contribution is -0.120. The van der Waals surface area contributed by atoms with Crippen molar-refractivity contribution in [1.82, 2.24) is 20.1 Å². The minimum Gasteiger partial charge on any atom is -0.467 e. The quantitative estimate of drug-likeness (QED) is 0.660. The summed E-state index contributed by atoms with van der Waals surface area (Å²) in [6, 6.07) is 13.9. The lowest BCUT2D eigenvalue weighted by Gasteiger charge is -2.16. The van der Waals surface area contributed by atoms with Gasteiger partial charge in [-0.2, -0.15) is 0 Å². The Hall–Kier alpha value is -2.54. The highest BCUT2D eigenvalue weighted by atomic mass is 32.2. The Labute approximate surface area is 149 Å². The number of carbonyl (C=O) groups excluding carboxylic acids is 1. The number of hydrogen-bond donors (Lipinski definition) is 1. The number of rotatable bonds is 7. The van der Waals surface area contributed by atoms with Gasteiger partial charge in [-0.25, -0.2) is 0 Å². The van der Waals surface area contributed by atoms with Crippen LogP contribution in [0, 0.1) is 0 Å². The molecule has 1 amide bonds. The molecule has 4 rings (SSSR count). The van der Waals surface area contributed by atoms with Crippen molar-refractivity contribution >= 4 is 17.7 Å². The Morgan fingerprint density at radius 2 is 2.12 bits per heavy atom. The molecule has 1 fully saturated rings. The molecule has 6 nitrogen and oxygen atoms in total. The summed E-state index contributed by atoms with van der Waals surface area (Å²) in [7, 11) is 0. The van der Waals surface area contributed by atoms with E-state index < -0.39 is 0 Å². The first-order valence-electron chi connectivity index (χ1n) is 8.22. The number of nitrogens with zero attached hydrogens (tertiary/aromatic N) is 3. The molecule has 1 aliphatic rings. The maximum atomic E-state index is 12.7. The zero-order valence-electron chi connectivity index (χ0n) is 13.5. The smallest absolute Gasteiger partial charge is 0.238 e. The van der Waals surface area contributed by atoms with Crippen molar-refractivity contribution in [3.05, 3.63) is 66.4 Å². The van der Waals surface area contributed by atoms with Crippen LogP contribution in [0.15, 0.2) is 64.6 Å². The summed E-state index contributed by atoms with van der Waals surface area (Å²) < 4.78 is 7.29. The predicted octanol–water partition coefficient (Wildman–Crippen LogP) is 3.03. The summed E-state index contributed by atoms with van der Waals surface area (Å²) in [6.07, 6.45) is 5.42. The van der Waals surface area contributed by atoms with E-state index in [0.717, 1.165) is 24.2 Å². The second kappa shape index (κ2) is 7.14. The van der Waals surface area contributed by atoms with E-state index in [1.54, 1.807) is 12.6 Å². The van der Waals surface area contributed by atoms with Crippen LogP contribution in [0.2, 0.25) is 0 Å². The van der Waals surface area contributed by atoms with Crippen molar-refractivity contribution in [2.75, 3.05) is 0 Å². The SMILES string of the molecule is O=C(NC1CC1)C(Sc1nncn1Cc1ccco1)c1ccccc1. The molecule has 1 aromatic carbocycles. The van der Waals surface area contributed by atoms with E-state index in [-0.39, 0.29) is 11.2 Å². The van der Waals surface area contributed by atoms with E-state index in [4.69, 9.17) is 4.42 Å². The number of amides is 1. The van der Waals surface area contributed by atoms with Gasteiger partial charge < -0.3 is 14.3 Å². The standard InChI is InChI=1S/C18H18N4O2S/c23-17(20-14-8-9-14)16(13-5-2-1-3-6-13)25-18-21-19-12-22(18)11-15-7-4-10-24-15/h1-7,10,12,14,16H,8-9,11H2,(H,20,23). The second-order valence-corrected chi connectivity index (χ2v) is 7.08. The molecule has 7 heteroatoms. The molecule has 1 unspecified atom stereocenters. The summed E-state index contributed by atoms with van der Waals surface area (Å²) in [6.45, 7) is 0.536. The molecule has 3 aromatic rings. The van der Waals surface area contributed by atoms with E-state index in [1.165, 1.54) is 11.8 Å². The average molecular weight is 354 g/mol. The summed E-state index contributed by atoms with van der Waals surface area (Å²) in [5, 5.41) is 11.6. The van der Waals surface area contributed by atoms with Crippen LogP contribution in [-0.2, 0) is 11.3 Å². The van der Waals surface area contributed by atoms with Gasteiger partial charge in [-0.05, 0) is 30.5 Å². The van der Waals surface area contributed by atoms with Crippen LogP contribution in [0.3, 0.4) is 0 Å². The first-order valence-corrected chi connectivity index (χ1v) is 9.10. The van der Waals surface area contributed by atoms with Gasteiger partial charge in [0.25, 0.3) is 0 Å². The van der Waals surface area contributed by atoms with Crippen molar-refractivity contribution < 1.29 is 9.21 Å². The molecule has 0 radical (unpaired) electrons. The van der Waals surface area contributed by atoms with Gasteiger partial charge >= 0.3 is 0 Å². The number of carbonyl (C=O) groups is 1. The van der Waals surface area contributed by atoms with E-state index in [2.05, 4.69) is 15.5 Å². The lowest BCUT2D eigenvalue weighted by Crippen LogP contribution is -2.30. The number of nitrogens with one attached hydrogen (secondary N) is 1. The van der Waals surface area contributed by atoms with Gasteiger partial charge in [-0.3, -0.25) is 4.79 Å². The third-order valence-electron chi connectivity index (χ3n) is 3.97. The fourth-order valence-corrected chi connectivity index (χ4v) is 3.55. The number of aromatic nitrogens is 3. The number of benzene rings is 1. The van der Waals surface area contributed by atoms with Crippen molar-refractivity contribution in [2.45, 2.75) is 35.8 Å². The molecule has 0 saturated heterocycles. The lowest BCUT2D eigenvalue weighted by atomic mass is 10.1. The van der Waals surface area contributed by atoms with Crippen molar-refractivity contribution in [1.29, 1.82) is 0 Å². The van der Waals surface area contributed by atoms with Gasteiger partial charge in [0.15, 0.2) is 5.16 Å². The normalized spacial score (nSPS) is 15.0. The van der Waals surface area contributed by atoms with E-state index in [9.17, 15) is 4.79 Å². The summed E-state index contributed by atoms with van der Waals surface area (Å²) in [5.41, 5.74) is 0.957. The minimum absolute atomic E-state index is 0.0197. The topological polar surface area (TPSA) is 73.0 Å². The number of furan rings is 1. The molecule has 1 saturated carbocycles. The van der Waals surface area contributed by atoms with Crippen LogP contribution in [0.1, 0.15) is 29.4 Å². The van der Waals surface area contributed by atoms with Gasteiger partial charge in [0.05, 0.1) is 12.8 Å². The van der Waals surface area contributed by atoms with Gasteiger partial charge in [0, 0.05) is 6.04 Å². The fraction of sp³-hybridized carbons (Fsp3) is 0.278. The number of thioether (sulfide) groups is 1. The molecule has 25 heavy (non-hydrogen) atoms. The monoisotopic (exact) mass is 354 g/mol. The zero-order chi connectivity index (χ0) is 17.1. The largest absolute Gasteiger partial charge is 0.467 e. The minimum atomic E-state index is -0.360. The fourth-order valence-electron chi connectivity index (χ4n) is 2.53. The maximum Gasteiger partial charge on any atom is 0.238 e. The van der Waals surface area contributed by atoms with Crippen molar-refractivity contribution in [3.8, 4) is 0 Å². The highest BCUT2D eigenvalue weighted by Gasteiger charge is 2.30. The van der Waals surface area contributed by atoms with Gasteiger partial charge in [-0.15, -0.1) is 10.2 Å². The first-order chi connectivity index (χ1) is 12.3. The highest BCUT2D eigenvalue weighted by Crippen LogP contribution is 2.35. The Morgan fingerprint density at radius 3 is 2.84 bits per heavy atom. The van der Waals surface area contributed by atoms with Gasteiger partial charge in [0.2, 0.25) is 5.91 Å². The molecular formula is C18H18N4O2S. The predicted molar refractivity (Wildman–Crippen MR) is 94.0 cm³/mol. The second-order valence-electron chi connectivity index (χ2n) is 6.01. The van der Waals surface area contributed by atoms with Crippen molar-refractivity contribution in [2.24, 2.45) is 0 Å². The van der Waals surface area contributed by atoms with Crippen LogP contribution in [0.5, 0.6) is 0 Å². The van der Waals surface area contributed by atoms with Crippen LogP contribution in [-0.4, -0.2) is 26.7 Å². The summed E-state index contributed by atoms with van der Waals surface area (Å²) in [5.74, 6) is 0.839. The van der Waals surface area contributed by atoms with Gasteiger partial charge in [0.1, 0.15) is 17.3 Å². The summed E-state index contributed by atoms with van der Waals surface area (Å²) in [4.78, 5) is 12.7. The molecule has 1 N–H and O–H groups in total. The average Bonchev–Trinajstić information content (AvgIpc) is 3.11. The number of hydrogen-bond acceptors (Lipinski definition) is 5. The third kappa shape index (κ3) is 3.93. The molecule has 1 atom stereocenters. The molecule has 0 aliphatic heterocycles. The van der Waals surface area contributed by atoms with Crippen molar-refractivity contribution in [3.63, 3.8) is 0 Å². The van der Waals surface area contributed by atoms with Crippen LogP contribution in [0.25, 0.3) is 0 Å². The van der Waals surface area contributed by atoms with Crippen LogP contribution >= 0.6 is 11.8 Å². The molecular weight excluding hydrogens is 336 g/mol. The van der Waals surface area contributed by atoms with E-state index >= 15 is 0 Å². The molecule has 1 aliphatic carbocycles. The Balaban J connectivity index is 1.56. The Bertz CT molecular complexity index is 828. The summed E-state index contributed by atoms with van der Waals surface area (Å²) >= 11 is 1.41. The molecule has 128 valence electrons. The van der Waals surface area contributed by atoms with Crippen LogP contribution in [0.4, 0.5) is 0 Å². The molecule has 2 aromatic heterocycles. The molecule has 2 heterocycles. The molecule has 0 bridgehead atoms. The third-order valence-corrected chi connectivity index (χ3v) is 5.22. The highest BCUT2D eigenvalue weighted by molar-refractivity contribution is 8.00. The molecule has 0 spiro atoms.